The minimum Gasteiger partial charge on any atom is -0.444 e. The van der Waals surface area contributed by atoms with Gasteiger partial charge in [0.05, 0.1) is 5.39 Å². The summed E-state index contributed by atoms with van der Waals surface area (Å²) in [4.78, 5) is 26.3. The van der Waals surface area contributed by atoms with Gasteiger partial charge in [0.1, 0.15) is 12.2 Å². The van der Waals surface area contributed by atoms with E-state index in [9.17, 15) is 9.59 Å². The predicted molar refractivity (Wildman–Crippen MR) is 135 cm³/mol. The third kappa shape index (κ3) is 6.46. The zero-order valence-electron chi connectivity index (χ0n) is 19.6. The van der Waals surface area contributed by atoms with Crippen molar-refractivity contribution in [3.8, 4) is 0 Å². The van der Waals surface area contributed by atoms with Gasteiger partial charge in [-0.2, -0.15) is 0 Å². The Morgan fingerprint density at radius 2 is 1.89 bits per heavy atom. The molecule has 2 heterocycles. The zero-order chi connectivity index (χ0) is 25.2. The lowest BCUT2D eigenvalue weighted by Crippen LogP contribution is -2.39. The lowest BCUT2D eigenvalue weighted by atomic mass is 9.98. The second-order valence-electron chi connectivity index (χ2n) is 9.13. The molecule has 0 radical (unpaired) electrons. The van der Waals surface area contributed by atoms with E-state index in [0.717, 1.165) is 11.1 Å². The molecule has 3 aromatic rings. The van der Waals surface area contributed by atoms with Gasteiger partial charge < -0.3 is 18.9 Å². The molecule has 10 heteroatoms. The number of amides is 2. The average Bonchev–Trinajstić information content (AvgIpc) is 3.18. The fourth-order valence-electron chi connectivity index (χ4n) is 3.63. The molecular weight excluding hydrogens is 493 g/mol. The molecule has 0 bridgehead atoms. The summed E-state index contributed by atoms with van der Waals surface area (Å²) in [6, 6.07) is 10.5. The van der Waals surface area contributed by atoms with Crippen LogP contribution in [0.15, 0.2) is 47.0 Å². The molecular formula is C25H25Cl2N3O5. The predicted octanol–water partition coefficient (Wildman–Crippen LogP) is 6.91. The van der Waals surface area contributed by atoms with Crippen LogP contribution in [0.1, 0.15) is 38.3 Å². The highest BCUT2D eigenvalue weighted by Crippen LogP contribution is 2.30. The van der Waals surface area contributed by atoms with Crippen LogP contribution in [0.25, 0.3) is 16.5 Å². The van der Waals surface area contributed by atoms with E-state index in [1.807, 2.05) is 39.0 Å². The van der Waals surface area contributed by atoms with Crippen LogP contribution in [0.5, 0.6) is 0 Å². The van der Waals surface area contributed by atoms with Crippen molar-refractivity contribution in [2.75, 3.05) is 18.4 Å². The summed E-state index contributed by atoms with van der Waals surface area (Å²) < 4.78 is 16.1. The van der Waals surface area contributed by atoms with Gasteiger partial charge in [-0.05, 0) is 74.2 Å². The summed E-state index contributed by atoms with van der Waals surface area (Å²) in [7, 11) is 0. The van der Waals surface area contributed by atoms with E-state index in [1.165, 1.54) is 0 Å². The van der Waals surface area contributed by atoms with Gasteiger partial charge in [0.25, 0.3) is 0 Å². The Morgan fingerprint density at radius 1 is 1.14 bits per heavy atom. The maximum absolute atomic E-state index is 12.3. The largest absolute Gasteiger partial charge is 0.444 e. The number of nitrogens with zero attached hydrogens (tertiary/aromatic N) is 2. The van der Waals surface area contributed by atoms with Crippen LogP contribution in [0.4, 0.5) is 15.4 Å². The monoisotopic (exact) mass is 517 g/mol. The van der Waals surface area contributed by atoms with Crippen molar-refractivity contribution < 1.29 is 23.6 Å². The van der Waals surface area contributed by atoms with Crippen molar-refractivity contribution in [3.63, 3.8) is 0 Å². The summed E-state index contributed by atoms with van der Waals surface area (Å²) in [5.74, 6) is 0.253. The second-order valence-corrected chi connectivity index (χ2v) is 10.00. The summed E-state index contributed by atoms with van der Waals surface area (Å²) in [6.45, 7) is 6.54. The molecule has 0 aliphatic carbocycles. The van der Waals surface area contributed by atoms with Gasteiger partial charge in [0, 0.05) is 23.1 Å². The molecule has 0 atom stereocenters. The molecule has 1 aliphatic heterocycles. The molecule has 35 heavy (non-hydrogen) atoms. The zero-order valence-corrected chi connectivity index (χ0v) is 21.1. The Bertz CT molecular complexity index is 1280. The number of fused-ring (bicyclic) bond motifs is 1. The first-order chi connectivity index (χ1) is 16.6. The van der Waals surface area contributed by atoms with Crippen LogP contribution in [-0.4, -0.2) is 40.9 Å². The topological polar surface area (TPSA) is 93.9 Å². The molecule has 1 aromatic heterocycles. The number of hydrogen-bond donors (Lipinski definition) is 1. The molecule has 4 rings (SSSR count). The van der Waals surface area contributed by atoms with Crippen molar-refractivity contribution in [2.45, 2.75) is 39.4 Å². The smallest absolute Gasteiger partial charge is 0.413 e. The van der Waals surface area contributed by atoms with Crippen molar-refractivity contribution >= 4 is 57.7 Å². The van der Waals surface area contributed by atoms with Gasteiger partial charge in [0.15, 0.2) is 11.4 Å². The van der Waals surface area contributed by atoms with Gasteiger partial charge in [-0.3, -0.25) is 5.32 Å². The quantitative estimate of drug-likeness (QED) is 0.404. The number of halogens is 2. The Hall–Kier alpha value is -3.23. The maximum Gasteiger partial charge on any atom is 0.413 e. The lowest BCUT2D eigenvalue weighted by molar-refractivity contribution is 0.0270. The summed E-state index contributed by atoms with van der Waals surface area (Å²) in [6.07, 6.45) is 1.65. The molecule has 8 nitrogen and oxygen atoms in total. The highest BCUT2D eigenvalue weighted by atomic mass is 35.5. The summed E-state index contributed by atoms with van der Waals surface area (Å²) in [5.41, 5.74) is 2.69. The minimum atomic E-state index is -0.688. The Balaban J connectivity index is 1.42. The second kappa shape index (κ2) is 10.2. The van der Waals surface area contributed by atoms with Gasteiger partial charge >= 0.3 is 12.2 Å². The number of carbonyl (C=O) groups excluding carboxylic acids is 2. The molecule has 0 unspecified atom stereocenters. The van der Waals surface area contributed by atoms with E-state index >= 15 is 0 Å². The molecule has 0 saturated heterocycles. The molecule has 0 spiro atoms. The van der Waals surface area contributed by atoms with Crippen molar-refractivity contribution in [1.82, 2.24) is 10.1 Å². The Labute approximate surface area is 212 Å². The van der Waals surface area contributed by atoms with Crippen LogP contribution in [0.3, 0.4) is 0 Å². The molecule has 2 amide bonds. The minimum absolute atomic E-state index is 0.00577. The van der Waals surface area contributed by atoms with E-state index in [0.29, 0.717) is 46.1 Å². The van der Waals surface area contributed by atoms with Crippen molar-refractivity contribution in [2.24, 2.45) is 0 Å². The van der Waals surface area contributed by atoms with E-state index in [1.54, 1.807) is 29.2 Å². The molecule has 0 saturated carbocycles. The van der Waals surface area contributed by atoms with E-state index < -0.39 is 11.7 Å². The van der Waals surface area contributed by atoms with Gasteiger partial charge in [-0.15, -0.1) is 0 Å². The fraction of sp³-hybridized carbons (Fsp3) is 0.320. The lowest BCUT2D eigenvalue weighted by Gasteiger charge is -2.29. The molecule has 1 aliphatic rings. The van der Waals surface area contributed by atoms with Crippen LogP contribution >= 0.6 is 23.2 Å². The number of benzene rings is 2. The fourth-order valence-corrected chi connectivity index (χ4v) is 4.20. The first-order valence-corrected chi connectivity index (χ1v) is 11.8. The standard InChI is InChI=1S/C25H25Cl2N3O5/c1-25(2,3)34-24(32)30-8-6-16(7-9-30)17-4-5-21-20(12-17)22(29-35-21)28-23(31)33-14-15-10-18(26)13-19(27)11-15/h4-6,10-13H,7-9,14H2,1-3H3,(H,28,29,31). The normalized spacial score (nSPS) is 14.0. The first kappa shape index (κ1) is 24.9. The molecule has 1 N–H and O–H groups in total. The highest BCUT2D eigenvalue weighted by Gasteiger charge is 2.24. The third-order valence-corrected chi connectivity index (χ3v) is 5.65. The maximum atomic E-state index is 12.3. The van der Waals surface area contributed by atoms with Gasteiger partial charge in [-0.25, -0.2) is 9.59 Å². The number of anilines is 1. The number of aromatic nitrogens is 1. The van der Waals surface area contributed by atoms with Crippen molar-refractivity contribution in [1.29, 1.82) is 0 Å². The van der Waals surface area contributed by atoms with E-state index in [4.69, 9.17) is 37.2 Å². The molecule has 184 valence electrons. The van der Waals surface area contributed by atoms with Gasteiger partial charge in [0.2, 0.25) is 0 Å². The third-order valence-electron chi connectivity index (χ3n) is 5.21. The van der Waals surface area contributed by atoms with Crippen LogP contribution in [0.2, 0.25) is 10.0 Å². The number of carbonyl (C=O) groups is 2. The first-order valence-electron chi connectivity index (χ1n) is 11.0. The number of hydrogen-bond acceptors (Lipinski definition) is 6. The number of ether oxygens (including phenoxy) is 2. The van der Waals surface area contributed by atoms with Crippen LogP contribution < -0.4 is 5.32 Å². The van der Waals surface area contributed by atoms with Gasteiger partial charge in [-0.1, -0.05) is 40.5 Å². The van der Waals surface area contributed by atoms with Crippen LogP contribution in [0, 0.1) is 0 Å². The SMILES string of the molecule is CC(C)(C)OC(=O)N1CC=C(c2ccc3onc(NC(=O)OCc4cc(Cl)cc(Cl)c4)c3c2)CC1. The highest BCUT2D eigenvalue weighted by molar-refractivity contribution is 6.34. The molecule has 2 aromatic carbocycles. The number of nitrogens with one attached hydrogen (secondary N) is 1. The average molecular weight is 518 g/mol. The Morgan fingerprint density at radius 3 is 2.54 bits per heavy atom. The summed E-state index contributed by atoms with van der Waals surface area (Å²) in [5, 5.41) is 8.13. The van der Waals surface area contributed by atoms with E-state index in [-0.39, 0.29) is 18.5 Å². The number of rotatable bonds is 4. The Kier molecular flexibility index (Phi) is 7.23. The van der Waals surface area contributed by atoms with Crippen LogP contribution in [-0.2, 0) is 16.1 Å². The summed E-state index contributed by atoms with van der Waals surface area (Å²) >= 11 is 12.0. The molecule has 0 fully saturated rings. The van der Waals surface area contributed by atoms with Crippen molar-refractivity contribution in [3.05, 3.63) is 63.6 Å². The van der Waals surface area contributed by atoms with E-state index in [2.05, 4.69) is 10.5 Å².